The molecule has 0 aliphatic rings. The molecule has 0 radical (unpaired) electrons. The van der Waals surface area contributed by atoms with Crippen molar-refractivity contribution in [1.82, 2.24) is 20.2 Å². The Bertz CT molecular complexity index is 1100. The molecule has 2 aromatic heterocycles. The normalized spacial score (nSPS) is 11.0. The Labute approximate surface area is 148 Å². The molecule has 0 saturated heterocycles. The minimum Gasteiger partial charge on any atom is -0.360 e. The Morgan fingerprint density at radius 2 is 2.04 bits per heavy atom. The van der Waals surface area contributed by atoms with Gasteiger partial charge in [-0.3, -0.25) is 14.9 Å². The van der Waals surface area contributed by atoms with E-state index in [2.05, 4.69) is 15.5 Å². The maximum absolute atomic E-state index is 13.5. The summed E-state index contributed by atoms with van der Waals surface area (Å²) < 4.78 is 15.0. The van der Waals surface area contributed by atoms with E-state index in [0.717, 1.165) is 16.5 Å². The summed E-state index contributed by atoms with van der Waals surface area (Å²) in [5, 5.41) is 5.56. The number of hydrogen-bond donors (Lipinski definition) is 3. The molecule has 4 aromatic rings. The van der Waals surface area contributed by atoms with E-state index in [1.165, 1.54) is 16.8 Å². The van der Waals surface area contributed by atoms with Crippen LogP contribution in [0.2, 0.25) is 0 Å². The molecular formula is C19H16FN5O. The van der Waals surface area contributed by atoms with E-state index in [0.29, 0.717) is 17.0 Å². The molecule has 6 nitrogen and oxygen atoms in total. The molecule has 0 unspecified atom stereocenters. The first-order chi connectivity index (χ1) is 12.7. The predicted molar refractivity (Wildman–Crippen MR) is 96.7 cm³/mol. The monoisotopic (exact) mass is 349 g/mol. The first-order valence-corrected chi connectivity index (χ1v) is 8.05. The van der Waals surface area contributed by atoms with Gasteiger partial charge >= 0.3 is 0 Å². The van der Waals surface area contributed by atoms with Gasteiger partial charge in [-0.05, 0) is 29.8 Å². The number of amides is 1. The van der Waals surface area contributed by atoms with Crippen LogP contribution in [0.25, 0.3) is 22.2 Å². The predicted octanol–water partition coefficient (Wildman–Crippen LogP) is 2.82. The van der Waals surface area contributed by atoms with Gasteiger partial charge in [0.1, 0.15) is 11.5 Å². The molecule has 0 fully saturated rings. The Morgan fingerprint density at radius 3 is 2.85 bits per heavy atom. The number of carbonyl (C=O) groups excluding carboxylic acids is 1. The Balaban J connectivity index is 1.80. The number of nitrogens with zero attached hydrogens (tertiary/aromatic N) is 2. The van der Waals surface area contributed by atoms with Gasteiger partial charge in [0.2, 0.25) is 0 Å². The van der Waals surface area contributed by atoms with Gasteiger partial charge < -0.3 is 4.98 Å². The van der Waals surface area contributed by atoms with Crippen LogP contribution in [-0.2, 0) is 6.54 Å². The zero-order valence-corrected chi connectivity index (χ0v) is 13.7. The third kappa shape index (κ3) is 2.84. The number of aromatic nitrogens is 3. The van der Waals surface area contributed by atoms with Gasteiger partial charge in [-0.15, -0.1) is 0 Å². The van der Waals surface area contributed by atoms with Gasteiger partial charge in [0, 0.05) is 22.7 Å². The number of para-hydroxylation sites is 1. The maximum Gasteiger partial charge on any atom is 0.283 e. The quantitative estimate of drug-likeness (QED) is 0.301. The van der Waals surface area contributed by atoms with E-state index in [-0.39, 0.29) is 12.4 Å². The minimum absolute atomic E-state index is 0.253. The van der Waals surface area contributed by atoms with Crippen molar-refractivity contribution in [2.24, 2.45) is 5.84 Å². The summed E-state index contributed by atoms with van der Waals surface area (Å²) in [7, 11) is 0. The molecule has 0 atom stereocenters. The Kier molecular flexibility index (Phi) is 3.98. The number of nitrogens with two attached hydrogens (primary N) is 1. The van der Waals surface area contributed by atoms with Crippen molar-refractivity contribution in [2.45, 2.75) is 6.54 Å². The van der Waals surface area contributed by atoms with Gasteiger partial charge in [0.15, 0.2) is 0 Å². The van der Waals surface area contributed by atoms with Crippen molar-refractivity contribution < 1.29 is 9.18 Å². The first kappa shape index (κ1) is 16.0. The smallest absolute Gasteiger partial charge is 0.283 e. The zero-order chi connectivity index (χ0) is 18.1. The lowest BCUT2D eigenvalue weighted by Gasteiger charge is -2.06. The average Bonchev–Trinajstić information content (AvgIpc) is 3.25. The van der Waals surface area contributed by atoms with Crippen LogP contribution in [0.1, 0.15) is 16.1 Å². The zero-order valence-electron chi connectivity index (χ0n) is 13.7. The van der Waals surface area contributed by atoms with Crippen LogP contribution in [0, 0.1) is 5.82 Å². The van der Waals surface area contributed by atoms with Gasteiger partial charge in [-0.1, -0.05) is 30.3 Å². The lowest BCUT2D eigenvalue weighted by molar-refractivity contribution is 0.0943. The van der Waals surface area contributed by atoms with E-state index in [4.69, 9.17) is 5.84 Å². The summed E-state index contributed by atoms with van der Waals surface area (Å²) >= 11 is 0. The van der Waals surface area contributed by atoms with Crippen LogP contribution in [-0.4, -0.2) is 20.7 Å². The fourth-order valence-electron chi connectivity index (χ4n) is 3.02. The molecule has 26 heavy (non-hydrogen) atoms. The fourth-order valence-corrected chi connectivity index (χ4v) is 3.02. The number of nitrogen functional groups attached to an aromatic ring is 1. The SMILES string of the molecule is NNC(=O)c1cc(-c2c[nH]c3ccccc23)nn1Cc1cccc(F)c1. The lowest BCUT2D eigenvalue weighted by atomic mass is 10.1. The van der Waals surface area contributed by atoms with Crippen LogP contribution >= 0.6 is 0 Å². The second-order valence-electron chi connectivity index (χ2n) is 5.92. The number of H-pyrrole nitrogens is 1. The molecule has 0 aliphatic heterocycles. The summed E-state index contributed by atoms with van der Waals surface area (Å²) in [4.78, 5) is 15.4. The summed E-state index contributed by atoms with van der Waals surface area (Å²) in [6, 6.07) is 15.7. The topological polar surface area (TPSA) is 88.7 Å². The highest BCUT2D eigenvalue weighted by Crippen LogP contribution is 2.28. The molecule has 7 heteroatoms. The van der Waals surface area contributed by atoms with Crippen LogP contribution in [0.4, 0.5) is 4.39 Å². The second kappa shape index (κ2) is 6.45. The van der Waals surface area contributed by atoms with Crippen LogP contribution in [0.3, 0.4) is 0 Å². The Morgan fingerprint density at radius 1 is 1.19 bits per heavy atom. The molecule has 0 aliphatic carbocycles. The summed E-state index contributed by atoms with van der Waals surface area (Å²) in [5.74, 6) is 4.51. The number of halogens is 1. The van der Waals surface area contributed by atoms with Crippen LogP contribution < -0.4 is 11.3 Å². The molecule has 2 aromatic carbocycles. The fraction of sp³-hybridized carbons (Fsp3) is 0.0526. The standard InChI is InChI=1S/C19H16FN5O/c20-13-5-3-4-12(8-13)11-25-18(19(26)23-21)9-17(24-25)15-10-22-16-7-2-1-6-14(15)16/h1-10,22H,11,21H2,(H,23,26). The third-order valence-electron chi connectivity index (χ3n) is 4.23. The number of nitrogens with one attached hydrogen (secondary N) is 2. The first-order valence-electron chi connectivity index (χ1n) is 8.05. The van der Waals surface area contributed by atoms with Crippen molar-refractivity contribution in [3.05, 3.63) is 77.9 Å². The molecule has 4 N–H and O–H groups in total. The number of fused-ring (bicyclic) bond motifs is 1. The molecule has 130 valence electrons. The molecule has 2 heterocycles. The molecule has 1 amide bonds. The minimum atomic E-state index is -0.458. The van der Waals surface area contributed by atoms with E-state index in [1.807, 2.05) is 30.5 Å². The molecule has 4 rings (SSSR count). The highest BCUT2D eigenvalue weighted by Gasteiger charge is 2.18. The van der Waals surface area contributed by atoms with Crippen molar-refractivity contribution in [1.29, 1.82) is 0 Å². The van der Waals surface area contributed by atoms with Crippen molar-refractivity contribution >= 4 is 16.8 Å². The largest absolute Gasteiger partial charge is 0.360 e. The number of benzene rings is 2. The number of hydrazine groups is 1. The molecular weight excluding hydrogens is 333 g/mol. The van der Waals surface area contributed by atoms with Crippen LogP contribution in [0.5, 0.6) is 0 Å². The van der Waals surface area contributed by atoms with Gasteiger partial charge in [0.05, 0.1) is 12.2 Å². The number of carbonyl (C=O) groups is 1. The van der Waals surface area contributed by atoms with Gasteiger partial charge in [-0.2, -0.15) is 5.10 Å². The van der Waals surface area contributed by atoms with Crippen molar-refractivity contribution in [3.8, 4) is 11.3 Å². The van der Waals surface area contributed by atoms with E-state index in [1.54, 1.807) is 18.2 Å². The molecule has 0 spiro atoms. The highest BCUT2D eigenvalue weighted by molar-refractivity contribution is 5.97. The summed E-state index contributed by atoms with van der Waals surface area (Å²) in [6.07, 6.45) is 1.85. The molecule has 0 bridgehead atoms. The van der Waals surface area contributed by atoms with Crippen molar-refractivity contribution in [2.75, 3.05) is 0 Å². The Hall–Kier alpha value is -3.45. The van der Waals surface area contributed by atoms with Crippen molar-refractivity contribution in [3.63, 3.8) is 0 Å². The number of aromatic amines is 1. The summed E-state index contributed by atoms with van der Waals surface area (Å²) in [5.41, 5.74) is 5.63. The van der Waals surface area contributed by atoms with Gasteiger partial charge in [0.25, 0.3) is 5.91 Å². The summed E-state index contributed by atoms with van der Waals surface area (Å²) in [6.45, 7) is 0.253. The number of rotatable bonds is 4. The van der Waals surface area contributed by atoms with E-state index < -0.39 is 5.91 Å². The lowest BCUT2D eigenvalue weighted by Crippen LogP contribution is -2.32. The maximum atomic E-state index is 13.5. The van der Waals surface area contributed by atoms with Crippen LogP contribution in [0.15, 0.2) is 60.8 Å². The van der Waals surface area contributed by atoms with Gasteiger partial charge in [-0.25, -0.2) is 10.2 Å². The van der Waals surface area contributed by atoms with E-state index in [9.17, 15) is 9.18 Å². The van der Waals surface area contributed by atoms with E-state index >= 15 is 0 Å². The average molecular weight is 349 g/mol. The third-order valence-corrected chi connectivity index (χ3v) is 4.23. The molecule has 0 saturated carbocycles. The second-order valence-corrected chi connectivity index (χ2v) is 5.92. The number of hydrogen-bond acceptors (Lipinski definition) is 3. The highest BCUT2D eigenvalue weighted by atomic mass is 19.1.